The van der Waals surface area contributed by atoms with Gasteiger partial charge in [0.15, 0.2) is 5.82 Å². The van der Waals surface area contributed by atoms with Gasteiger partial charge in [-0.25, -0.2) is 13.2 Å². The van der Waals surface area contributed by atoms with Gasteiger partial charge in [0.1, 0.15) is 11.6 Å². The highest BCUT2D eigenvalue weighted by Crippen LogP contribution is 2.40. The van der Waals surface area contributed by atoms with Crippen LogP contribution in [-0.4, -0.2) is 40.5 Å². The zero-order chi connectivity index (χ0) is 24.5. The molecule has 1 saturated heterocycles. The number of piperidine rings is 1. The molecule has 35 heavy (non-hydrogen) atoms. The minimum Gasteiger partial charge on any atom is -0.411 e. The van der Waals surface area contributed by atoms with E-state index in [2.05, 4.69) is 20.0 Å². The van der Waals surface area contributed by atoms with E-state index in [9.17, 15) is 13.2 Å². The van der Waals surface area contributed by atoms with E-state index in [4.69, 9.17) is 10.9 Å². The number of nitrogens with zero attached hydrogens (tertiary/aromatic N) is 4. The standard InChI is InChI=1S/C26H22F3N5O/c27-17-7-16(8-18(28)10-17)22-12-32-25-2-1-15(21-11-31-14-24(29)23(21)13-33-35)9-20(25)26(22)34-5-3-19(30)4-6-34/h1-2,7-14,19,35H,3-6,30H2/b33-13+. The summed E-state index contributed by atoms with van der Waals surface area (Å²) in [5.41, 5.74) is 9.65. The number of rotatable bonds is 4. The summed E-state index contributed by atoms with van der Waals surface area (Å²) < 4.78 is 42.7. The molecule has 0 saturated carbocycles. The Bertz CT molecular complexity index is 1410. The SMILES string of the molecule is NC1CCN(c2c(-c3cc(F)cc(F)c3)cnc3ccc(-c4cncc(F)c4/C=N/O)cc23)CC1. The van der Waals surface area contributed by atoms with Crippen molar-refractivity contribution < 1.29 is 18.4 Å². The van der Waals surface area contributed by atoms with Crippen LogP contribution in [0.15, 0.2) is 60.1 Å². The third-order valence-electron chi connectivity index (χ3n) is 6.31. The molecule has 0 unspecified atom stereocenters. The number of anilines is 1. The molecule has 0 bridgehead atoms. The zero-order valence-corrected chi connectivity index (χ0v) is 18.6. The summed E-state index contributed by atoms with van der Waals surface area (Å²) in [5, 5.41) is 12.7. The highest BCUT2D eigenvalue weighted by Gasteiger charge is 2.23. The van der Waals surface area contributed by atoms with Crippen molar-refractivity contribution in [3.63, 3.8) is 0 Å². The van der Waals surface area contributed by atoms with Crippen LogP contribution in [0.2, 0.25) is 0 Å². The highest BCUT2D eigenvalue weighted by molar-refractivity contribution is 6.02. The summed E-state index contributed by atoms with van der Waals surface area (Å²) in [6.07, 6.45) is 6.71. The van der Waals surface area contributed by atoms with Crippen LogP contribution >= 0.6 is 0 Å². The smallest absolute Gasteiger partial charge is 0.150 e. The van der Waals surface area contributed by atoms with Crippen LogP contribution in [0.4, 0.5) is 18.9 Å². The van der Waals surface area contributed by atoms with E-state index in [0.717, 1.165) is 42.4 Å². The molecule has 0 aliphatic carbocycles. The van der Waals surface area contributed by atoms with E-state index in [0.29, 0.717) is 40.9 Å². The maximum atomic E-state index is 14.4. The molecule has 3 N–H and O–H groups in total. The summed E-state index contributed by atoms with van der Waals surface area (Å²) in [5.74, 6) is -1.99. The first-order valence-corrected chi connectivity index (χ1v) is 11.2. The first kappa shape index (κ1) is 22.8. The number of halogens is 3. The first-order valence-electron chi connectivity index (χ1n) is 11.2. The first-order chi connectivity index (χ1) is 16.9. The number of fused-ring (bicyclic) bond motifs is 1. The fourth-order valence-electron chi connectivity index (χ4n) is 4.59. The van der Waals surface area contributed by atoms with E-state index in [1.54, 1.807) is 18.3 Å². The Hall–Kier alpha value is -3.98. The molecule has 1 aliphatic rings. The maximum absolute atomic E-state index is 14.4. The zero-order valence-electron chi connectivity index (χ0n) is 18.6. The molecule has 6 nitrogen and oxygen atoms in total. The van der Waals surface area contributed by atoms with Crippen LogP contribution in [0.1, 0.15) is 18.4 Å². The number of aromatic nitrogens is 2. The summed E-state index contributed by atoms with van der Waals surface area (Å²) >= 11 is 0. The molecule has 9 heteroatoms. The van der Waals surface area contributed by atoms with Crippen molar-refractivity contribution in [3.8, 4) is 22.3 Å². The highest BCUT2D eigenvalue weighted by atomic mass is 19.1. The third kappa shape index (κ3) is 4.42. The summed E-state index contributed by atoms with van der Waals surface area (Å²) in [4.78, 5) is 10.6. The Balaban J connectivity index is 1.76. The normalized spacial score (nSPS) is 14.8. The van der Waals surface area contributed by atoms with Crippen molar-refractivity contribution in [2.24, 2.45) is 10.9 Å². The minimum absolute atomic E-state index is 0.0867. The van der Waals surface area contributed by atoms with E-state index in [1.807, 2.05) is 6.07 Å². The molecule has 0 amide bonds. The van der Waals surface area contributed by atoms with Crippen molar-refractivity contribution in [1.29, 1.82) is 0 Å². The van der Waals surface area contributed by atoms with Gasteiger partial charge < -0.3 is 15.8 Å². The number of hydrogen-bond donors (Lipinski definition) is 2. The molecule has 1 aliphatic heterocycles. The quantitative estimate of drug-likeness (QED) is 0.242. The van der Waals surface area contributed by atoms with E-state index < -0.39 is 17.5 Å². The van der Waals surface area contributed by atoms with Crippen molar-refractivity contribution >= 4 is 22.8 Å². The molecule has 2 aromatic carbocycles. The molecule has 1 fully saturated rings. The van der Waals surface area contributed by atoms with Gasteiger partial charge in [0, 0.05) is 59.7 Å². The van der Waals surface area contributed by atoms with Crippen molar-refractivity contribution in [2.45, 2.75) is 18.9 Å². The third-order valence-corrected chi connectivity index (χ3v) is 6.31. The average Bonchev–Trinajstić information content (AvgIpc) is 2.84. The number of nitrogens with two attached hydrogens (primary N) is 1. The number of hydrogen-bond acceptors (Lipinski definition) is 6. The van der Waals surface area contributed by atoms with Crippen LogP contribution in [0.3, 0.4) is 0 Å². The Kier molecular flexibility index (Phi) is 6.08. The van der Waals surface area contributed by atoms with Crippen molar-refractivity contribution in [1.82, 2.24) is 9.97 Å². The van der Waals surface area contributed by atoms with Crippen LogP contribution in [0.5, 0.6) is 0 Å². The lowest BCUT2D eigenvalue weighted by molar-refractivity contribution is 0.321. The molecule has 4 aromatic rings. The molecule has 0 spiro atoms. The van der Waals surface area contributed by atoms with Gasteiger partial charge in [-0.3, -0.25) is 9.97 Å². The van der Waals surface area contributed by atoms with E-state index in [-0.39, 0.29) is 11.6 Å². The molecule has 0 radical (unpaired) electrons. The predicted molar refractivity (Wildman–Crippen MR) is 129 cm³/mol. The molecule has 3 heterocycles. The summed E-state index contributed by atoms with van der Waals surface area (Å²) in [7, 11) is 0. The molecule has 2 aromatic heterocycles. The lowest BCUT2D eigenvalue weighted by Gasteiger charge is -2.34. The molecular weight excluding hydrogens is 455 g/mol. The Morgan fingerprint density at radius 1 is 0.943 bits per heavy atom. The molecular formula is C26H22F3N5O. The molecule has 0 atom stereocenters. The average molecular weight is 477 g/mol. The summed E-state index contributed by atoms with van der Waals surface area (Å²) in [6, 6.07) is 8.89. The number of pyridine rings is 2. The van der Waals surface area contributed by atoms with Gasteiger partial charge in [-0.2, -0.15) is 0 Å². The van der Waals surface area contributed by atoms with Gasteiger partial charge >= 0.3 is 0 Å². The van der Waals surface area contributed by atoms with Crippen molar-refractivity contribution in [3.05, 3.63) is 78.0 Å². The second-order valence-corrected chi connectivity index (χ2v) is 8.56. The van der Waals surface area contributed by atoms with E-state index in [1.165, 1.54) is 18.3 Å². The van der Waals surface area contributed by atoms with Crippen LogP contribution in [0.25, 0.3) is 33.2 Å². The monoisotopic (exact) mass is 477 g/mol. The number of benzene rings is 2. The molecule has 178 valence electrons. The topological polar surface area (TPSA) is 87.6 Å². The Morgan fingerprint density at radius 2 is 1.69 bits per heavy atom. The van der Waals surface area contributed by atoms with Gasteiger partial charge in [0.25, 0.3) is 0 Å². The minimum atomic E-state index is -0.681. The lowest BCUT2D eigenvalue weighted by Crippen LogP contribution is -2.40. The largest absolute Gasteiger partial charge is 0.411 e. The van der Waals surface area contributed by atoms with E-state index >= 15 is 0 Å². The fraction of sp³-hybridized carbons (Fsp3) is 0.192. The van der Waals surface area contributed by atoms with Crippen LogP contribution in [-0.2, 0) is 0 Å². The maximum Gasteiger partial charge on any atom is 0.150 e. The molecule has 5 rings (SSSR count). The second kappa shape index (κ2) is 9.34. The predicted octanol–water partition coefficient (Wildman–Crippen LogP) is 5.12. The summed E-state index contributed by atoms with van der Waals surface area (Å²) in [6.45, 7) is 1.33. The van der Waals surface area contributed by atoms with Gasteiger partial charge in [-0.05, 0) is 48.2 Å². The second-order valence-electron chi connectivity index (χ2n) is 8.56. The number of oxime groups is 1. The Labute approximate surface area is 199 Å². The van der Waals surface area contributed by atoms with Crippen LogP contribution < -0.4 is 10.6 Å². The van der Waals surface area contributed by atoms with Gasteiger partial charge in [0.05, 0.1) is 23.6 Å². The fourth-order valence-corrected chi connectivity index (χ4v) is 4.59. The lowest BCUT2D eigenvalue weighted by atomic mass is 9.95. The van der Waals surface area contributed by atoms with Crippen molar-refractivity contribution in [2.75, 3.05) is 18.0 Å². The van der Waals surface area contributed by atoms with Gasteiger partial charge in [-0.15, -0.1) is 0 Å². The Morgan fingerprint density at radius 3 is 2.40 bits per heavy atom. The van der Waals surface area contributed by atoms with Crippen LogP contribution in [0, 0.1) is 17.5 Å². The van der Waals surface area contributed by atoms with Gasteiger partial charge in [-0.1, -0.05) is 11.2 Å². The van der Waals surface area contributed by atoms with Gasteiger partial charge in [0.2, 0.25) is 0 Å².